The number of anilines is 2. The van der Waals surface area contributed by atoms with Crippen molar-refractivity contribution in [2.75, 3.05) is 10.2 Å². The summed E-state index contributed by atoms with van der Waals surface area (Å²) in [6.45, 7) is 1.97. The number of rotatable bonds is 5. The summed E-state index contributed by atoms with van der Waals surface area (Å²) in [4.78, 5) is 55.8. The van der Waals surface area contributed by atoms with Crippen molar-refractivity contribution >= 4 is 52.1 Å². The Morgan fingerprint density at radius 2 is 1.89 bits per heavy atom. The van der Waals surface area contributed by atoms with Crippen LogP contribution < -0.4 is 15.5 Å². The molecule has 1 fully saturated rings. The molecule has 9 heteroatoms. The summed E-state index contributed by atoms with van der Waals surface area (Å²) in [5.74, 6) is -1.77. The van der Waals surface area contributed by atoms with Gasteiger partial charge in [-0.2, -0.15) is 0 Å². The minimum absolute atomic E-state index is 0.0259. The van der Waals surface area contributed by atoms with Crippen LogP contribution in [0.5, 0.6) is 0 Å². The van der Waals surface area contributed by atoms with E-state index in [0.717, 1.165) is 21.4 Å². The van der Waals surface area contributed by atoms with Crippen LogP contribution in [0.15, 0.2) is 84.8 Å². The van der Waals surface area contributed by atoms with E-state index in [4.69, 9.17) is 0 Å². The molecular formula is C27H21N5O4. The highest BCUT2D eigenvalue weighted by atomic mass is 16.2. The first-order valence-corrected chi connectivity index (χ1v) is 11.2. The molecule has 5 amide bonds. The van der Waals surface area contributed by atoms with E-state index in [1.165, 1.54) is 18.5 Å². The van der Waals surface area contributed by atoms with Gasteiger partial charge in [-0.3, -0.25) is 24.7 Å². The molecular weight excluding hydrogens is 458 g/mol. The van der Waals surface area contributed by atoms with Crippen LogP contribution in [-0.2, 0) is 20.9 Å². The summed E-state index contributed by atoms with van der Waals surface area (Å²) in [7, 11) is 0. The molecule has 2 aromatic heterocycles. The van der Waals surface area contributed by atoms with Crippen LogP contribution in [0.25, 0.3) is 17.0 Å². The second kappa shape index (κ2) is 9.30. The number of carbonyl (C=O) groups excluding carboxylic acids is 4. The van der Waals surface area contributed by atoms with Gasteiger partial charge >= 0.3 is 6.03 Å². The lowest BCUT2D eigenvalue weighted by Crippen LogP contribution is -2.54. The number of urea groups is 1. The zero-order valence-electron chi connectivity index (χ0n) is 19.3. The van der Waals surface area contributed by atoms with Crippen LogP contribution in [0, 0.1) is 6.92 Å². The monoisotopic (exact) mass is 479 g/mol. The highest BCUT2D eigenvalue weighted by molar-refractivity contribution is 6.39. The molecule has 178 valence electrons. The molecule has 0 saturated carbocycles. The molecule has 0 atom stereocenters. The van der Waals surface area contributed by atoms with Gasteiger partial charge in [0.05, 0.1) is 11.9 Å². The Morgan fingerprint density at radius 1 is 1.06 bits per heavy atom. The van der Waals surface area contributed by atoms with Gasteiger partial charge < -0.3 is 9.88 Å². The molecule has 9 nitrogen and oxygen atoms in total. The Labute approximate surface area is 206 Å². The predicted octanol–water partition coefficient (Wildman–Crippen LogP) is 3.65. The molecule has 2 aromatic carbocycles. The molecule has 1 aliphatic rings. The van der Waals surface area contributed by atoms with Crippen LogP contribution >= 0.6 is 0 Å². The third-order valence-electron chi connectivity index (χ3n) is 5.74. The topological polar surface area (TPSA) is 113 Å². The van der Waals surface area contributed by atoms with E-state index in [1.807, 2.05) is 55.5 Å². The van der Waals surface area contributed by atoms with E-state index >= 15 is 0 Å². The zero-order chi connectivity index (χ0) is 25.2. The Morgan fingerprint density at radius 3 is 2.67 bits per heavy atom. The van der Waals surface area contributed by atoms with Crippen molar-refractivity contribution in [1.82, 2.24) is 14.9 Å². The fraction of sp³-hybridized carbons (Fsp3) is 0.0741. The summed E-state index contributed by atoms with van der Waals surface area (Å²) in [6, 6.07) is 17.2. The molecule has 1 aliphatic heterocycles. The fourth-order valence-electron chi connectivity index (χ4n) is 4.13. The highest BCUT2D eigenvalue weighted by Crippen LogP contribution is 2.26. The molecule has 4 aromatic rings. The van der Waals surface area contributed by atoms with Crippen molar-refractivity contribution in [2.24, 2.45) is 0 Å². The number of benzene rings is 2. The maximum Gasteiger partial charge on any atom is 0.336 e. The first-order valence-electron chi connectivity index (χ1n) is 11.2. The van der Waals surface area contributed by atoms with Crippen molar-refractivity contribution in [3.63, 3.8) is 0 Å². The van der Waals surface area contributed by atoms with Gasteiger partial charge in [-0.05, 0) is 48.9 Å². The minimum Gasteiger partial charge on any atom is -0.337 e. The number of pyridine rings is 1. The van der Waals surface area contributed by atoms with Gasteiger partial charge in [0, 0.05) is 34.5 Å². The minimum atomic E-state index is -0.842. The van der Waals surface area contributed by atoms with E-state index in [0.29, 0.717) is 11.3 Å². The first kappa shape index (κ1) is 22.7. The van der Waals surface area contributed by atoms with Crippen LogP contribution in [0.4, 0.5) is 16.2 Å². The van der Waals surface area contributed by atoms with E-state index in [1.54, 1.807) is 22.9 Å². The summed E-state index contributed by atoms with van der Waals surface area (Å²) < 4.78 is 1.75. The SMILES string of the molecule is Cc1cccc(NC(=O)Cn2cc(/C=C3\C(=O)NC(=O)N(c4cccnc4)C3=O)c3ccccc32)c1. The quantitative estimate of drug-likeness (QED) is 0.335. The summed E-state index contributed by atoms with van der Waals surface area (Å²) in [5, 5.41) is 5.84. The van der Waals surface area contributed by atoms with Crippen molar-refractivity contribution in [3.8, 4) is 0 Å². The summed E-state index contributed by atoms with van der Waals surface area (Å²) in [5.41, 5.74) is 3.09. The maximum atomic E-state index is 13.2. The largest absolute Gasteiger partial charge is 0.337 e. The predicted molar refractivity (Wildman–Crippen MR) is 135 cm³/mol. The number of barbiturate groups is 1. The van der Waals surface area contributed by atoms with E-state index in [-0.39, 0.29) is 23.7 Å². The number of imide groups is 2. The molecule has 36 heavy (non-hydrogen) atoms. The third kappa shape index (κ3) is 4.37. The number of hydrogen-bond acceptors (Lipinski definition) is 5. The molecule has 1 saturated heterocycles. The van der Waals surface area contributed by atoms with E-state index < -0.39 is 17.8 Å². The van der Waals surface area contributed by atoms with Crippen LogP contribution in [0.1, 0.15) is 11.1 Å². The van der Waals surface area contributed by atoms with Crippen molar-refractivity contribution in [1.29, 1.82) is 0 Å². The Bertz CT molecular complexity index is 1550. The van der Waals surface area contributed by atoms with Gasteiger partial charge in [0.15, 0.2) is 0 Å². The molecule has 5 rings (SSSR count). The molecule has 0 bridgehead atoms. The number of amides is 5. The van der Waals surface area contributed by atoms with Crippen molar-refractivity contribution in [2.45, 2.75) is 13.5 Å². The molecule has 3 heterocycles. The zero-order valence-corrected chi connectivity index (χ0v) is 19.3. The summed E-state index contributed by atoms with van der Waals surface area (Å²) >= 11 is 0. The standard InChI is InChI=1S/C27H21N5O4/c1-17-6-4-7-19(12-17)29-24(33)16-31-15-18(21-9-2-3-10-23(21)31)13-22-25(34)30-27(36)32(26(22)35)20-8-5-11-28-14-20/h2-15H,16H2,1H3,(H,29,33)(H,30,34,36)/b22-13+. The number of nitrogens with zero attached hydrogens (tertiary/aromatic N) is 3. The summed E-state index contributed by atoms with van der Waals surface area (Å²) in [6.07, 6.45) is 6.02. The fourth-order valence-corrected chi connectivity index (χ4v) is 4.13. The number of hydrogen-bond donors (Lipinski definition) is 2. The van der Waals surface area contributed by atoms with Gasteiger partial charge in [-0.1, -0.05) is 30.3 Å². The third-order valence-corrected chi connectivity index (χ3v) is 5.74. The number of para-hydroxylation sites is 1. The van der Waals surface area contributed by atoms with Gasteiger partial charge in [0.2, 0.25) is 5.91 Å². The Hall–Kier alpha value is -5.05. The number of nitrogens with one attached hydrogen (secondary N) is 2. The van der Waals surface area contributed by atoms with Gasteiger partial charge in [-0.25, -0.2) is 9.69 Å². The lowest BCUT2D eigenvalue weighted by atomic mass is 10.1. The van der Waals surface area contributed by atoms with Gasteiger partial charge in [0.25, 0.3) is 11.8 Å². The highest BCUT2D eigenvalue weighted by Gasteiger charge is 2.37. The van der Waals surface area contributed by atoms with E-state index in [2.05, 4.69) is 15.6 Å². The van der Waals surface area contributed by atoms with Crippen molar-refractivity contribution in [3.05, 3.63) is 96.0 Å². The molecule has 0 aliphatic carbocycles. The van der Waals surface area contributed by atoms with Crippen molar-refractivity contribution < 1.29 is 19.2 Å². The van der Waals surface area contributed by atoms with Gasteiger partial charge in [-0.15, -0.1) is 0 Å². The number of aromatic nitrogens is 2. The first-order chi connectivity index (χ1) is 17.4. The molecule has 0 spiro atoms. The Balaban J connectivity index is 1.48. The van der Waals surface area contributed by atoms with E-state index in [9.17, 15) is 19.2 Å². The smallest absolute Gasteiger partial charge is 0.336 e. The van der Waals surface area contributed by atoms with Gasteiger partial charge in [0.1, 0.15) is 12.1 Å². The van der Waals surface area contributed by atoms with Crippen LogP contribution in [0.2, 0.25) is 0 Å². The Kier molecular flexibility index (Phi) is 5.87. The molecule has 0 unspecified atom stereocenters. The number of carbonyl (C=O) groups is 4. The van der Waals surface area contributed by atoms with Crippen LogP contribution in [0.3, 0.4) is 0 Å². The lowest BCUT2D eigenvalue weighted by molar-refractivity contribution is -0.122. The second-order valence-corrected chi connectivity index (χ2v) is 8.32. The lowest BCUT2D eigenvalue weighted by Gasteiger charge is -2.25. The normalized spacial score (nSPS) is 14.9. The number of fused-ring (bicyclic) bond motifs is 1. The molecule has 2 N–H and O–H groups in total. The molecule has 0 radical (unpaired) electrons. The average Bonchev–Trinajstić information content (AvgIpc) is 3.19. The second-order valence-electron chi connectivity index (χ2n) is 8.32. The average molecular weight is 479 g/mol. The van der Waals surface area contributed by atoms with Crippen LogP contribution in [-0.4, -0.2) is 33.3 Å². The number of aryl methyl sites for hydroxylation is 1. The maximum absolute atomic E-state index is 13.2.